The molecular formula is C23H25ClN2O. The summed E-state index contributed by atoms with van der Waals surface area (Å²) < 4.78 is 0. The van der Waals surface area contributed by atoms with Crippen molar-refractivity contribution in [1.82, 2.24) is 10.2 Å². The number of halogens is 1. The lowest BCUT2D eigenvalue weighted by molar-refractivity contribution is 0.142. The van der Waals surface area contributed by atoms with Gasteiger partial charge in [-0.25, -0.2) is 0 Å². The number of hydrogen-bond acceptors (Lipinski definition) is 3. The topological polar surface area (TPSA) is 35.5 Å². The largest absolute Gasteiger partial charge is 0.396 e. The van der Waals surface area contributed by atoms with Crippen LogP contribution in [0, 0.1) is 0 Å². The van der Waals surface area contributed by atoms with Crippen LogP contribution in [0.4, 0.5) is 0 Å². The first kappa shape index (κ1) is 18.5. The summed E-state index contributed by atoms with van der Waals surface area (Å²) in [6, 6.07) is 20.4. The summed E-state index contributed by atoms with van der Waals surface area (Å²) in [6.07, 6.45) is 0.782. The molecule has 1 aliphatic heterocycles. The van der Waals surface area contributed by atoms with E-state index in [1.807, 2.05) is 0 Å². The fraction of sp³-hybridized carbons (Fsp3) is 0.304. The molecule has 3 nitrogen and oxygen atoms in total. The van der Waals surface area contributed by atoms with Crippen molar-refractivity contribution in [3.63, 3.8) is 0 Å². The molecule has 0 bridgehead atoms. The Kier molecular flexibility index (Phi) is 5.20. The van der Waals surface area contributed by atoms with Crippen LogP contribution in [-0.4, -0.2) is 42.8 Å². The Morgan fingerprint density at radius 3 is 2.19 bits per heavy atom. The third-order valence-corrected chi connectivity index (χ3v) is 5.92. The lowest BCUT2D eigenvalue weighted by Gasteiger charge is -2.35. The first-order valence-electron chi connectivity index (χ1n) is 9.59. The molecule has 1 fully saturated rings. The fourth-order valence-electron chi connectivity index (χ4n) is 4.70. The van der Waals surface area contributed by atoms with E-state index in [-0.39, 0.29) is 25.1 Å². The lowest BCUT2D eigenvalue weighted by atomic mass is 9.88. The van der Waals surface area contributed by atoms with Crippen molar-refractivity contribution >= 4 is 44.7 Å². The van der Waals surface area contributed by atoms with Crippen molar-refractivity contribution in [3.05, 3.63) is 60.2 Å². The van der Waals surface area contributed by atoms with Crippen LogP contribution in [0.2, 0.25) is 0 Å². The molecule has 1 heterocycles. The van der Waals surface area contributed by atoms with Gasteiger partial charge >= 0.3 is 0 Å². The van der Waals surface area contributed by atoms with E-state index in [4.69, 9.17) is 0 Å². The van der Waals surface area contributed by atoms with E-state index in [9.17, 15) is 5.11 Å². The average Bonchev–Trinajstić information content (AvgIpc) is 2.71. The Labute approximate surface area is 165 Å². The van der Waals surface area contributed by atoms with Gasteiger partial charge in [0, 0.05) is 38.8 Å². The van der Waals surface area contributed by atoms with Crippen molar-refractivity contribution in [2.45, 2.75) is 12.5 Å². The maximum absolute atomic E-state index is 9.73. The predicted molar refractivity (Wildman–Crippen MR) is 116 cm³/mol. The Hall–Kier alpha value is -1.91. The molecule has 4 aromatic rings. The number of rotatable bonds is 4. The number of hydrogen-bond donors (Lipinski definition) is 2. The zero-order chi connectivity index (χ0) is 17.5. The minimum Gasteiger partial charge on any atom is -0.396 e. The molecule has 0 aromatic heterocycles. The van der Waals surface area contributed by atoms with Crippen molar-refractivity contribution in [2.75, 3.05) is 32.8 Å². The zero-order valence-corrected chi connectivity index (χ0v) is 16.1. The minimum absolute atomic E-state index is 0. The summed E-state index contributed by atoms with van der Waals surface area (Å²) in [7, 11) is 0. The summed E-state index contributed by atoms with van der Waals surface area (Å²) in [4.78, 5) is 2.53. The fourth-order valence-corrected chi connectivity index (χ4v) is 4.70. The van der Waals surface area contributed by atoms with Crippen LogP contribution in [-0.2, 0) is 0 Å². The van der Waals surface area contributed by atoms with Crippen LogP contribution in [0.3, 0.4) is 0 Å². The molecule has 1 saturated heterocycles. The molecule has 5 rings (SSSR count). The van der Waals surface area contributed by atoms with Gasteiger partial charge in [-0.2, -0.15) is 0 Å². The molecule has 0 unspecified atom stereocenters. The highest BCUT2D eigenvalue weighted by Crippen LogP contribution is 2.39. The van der Waals surface area contributed by atoms with Crippen LogP contribution in [0.15, 0.2) is 54.6 Å². The minimum atomic E-state index is 0. The number of aliphatic hydroxyl groups excluding tert-OH is 1. The SMILES string of the molecule is Cl.OCC[C@@H](c1ccc2ccc3cccc4ccc1c2c34)N1CCNCC1. The molecule has 0 radical (unpaired) electrons. The Morgan fingerprint density at radius 2 is 1.48 bits per heavy atom. The Morgan fingerprint density at radius 1 is 0.852 bits per heavy atom. The molecule has 1 aliphatic rings. The quantitative estimate of drug-likeness (QED) is 0.517. The van der Waals surface area contributed by atoms with E-state index in [0.717, 1.165) is 32.6 Å². The van der Waals surface area contributed by atoms with Gasteiger partial charge in [-0.1, -0.05) is 54.6 Å². The average molecular weight is 381 g/mol. The monoisotopic (exact) mass is 380 g/mol. The molecule has 0 amide bonds. The number of aliphatic hydroxyl groups is 1. The van der Waals surface area contributed by atoms with Gasteiger partial charge in [-0.15, -0.1) is 12.4 Å². The molecule has 27 heavy (non-hydrogen) atoms. The highest BCUT2D eigenvalue weighted by molar-refractivity contribution is 6.23. The number of piperazine rings is 1. The normalized spacial score (nSPS) is 16.8. The van der Waals surface area contributed by atoms with Crippen LogP contribution in [0.25, 0.3) is 32.3 Å². The van der Waals surface area contributed by atoms with Crippen LogP contribution >= 0.6 is 12.4 Å². The van der Waals surface area contributed by atoms with E-state index in [1.165, 1.54) is 37.9 Å². The maximum Gasteiger partial charge on any atom is 0.0449 e. The van der Waals surface area contributed by atoms with Crippen molar-refractivity contribution < 1.29 is 5.11 Å². The van der Waals surface area contributed by atoms with E-state index < -0.39 is 0 Å². The van der Waals surface area contributed by atoms with Crippen molar-refractivity contribution in [3.8, 4) is 0 Å². The summed E-state index contributed by atoms with van der Waals surface area (Å²) in [6.45, 7) is 4.33. The van der Waals surface area contributed by atoms with Gasteiger partial charge in [0.05, 0.1) is 0 Å². The second-order valence-corrected chi connectivity index (χ2v) is 7.32. The van der Waals surface area contributed by atoms with Crippen molar-refractivity contribution in [2.24, 2.45) is 0 Å². The second-order valence-electron chi connectivity index (χ2n) is 7.32. The number of nitrogens with one attached hydrogen (secondary N) is 1. The highest BCUT2D eigenvalue weighted by atomic mass is 35.5. The highest BCUT2D eigenvalue weighted by Gasteiger charge is 2.24. The zero-order valence-electron chi connectivity index (χ0n) is 15.3. The van der Waals surface area contributed by atoms with Gasteiger partial charge in [0.1, 0.15) is 0 Å². The van der Waals surface area contributed by atoms with Gasteiger partial charge in [-0.3, -0.25) is 4.90 Å². The Balaban J connectivity index is 0.00000180. The van der Waals surface area contributed by atoms with Gasteiger partial charge in [-0.05, 0) is 44.3 Å². The lowest BCUT2D eigenvalue weighted by Crippen LogP contribution is -2.45. The molecule has 0 aliphatic carbocycles. The molecular weight excluding hydrogens is 356 g/mol. The van der Waals surface area contributed by atoms with Crippen LogP contribution < -0.4 is 5.32 Å². The molecule has 2 N–H and O–H groups in total. The van der Waals surface area contributed by atoms with E-state index in [2.05, 4.69) is 64.8 Å². The van der Waals surface area contributed by atoms with E-state index >= 15 is 0 Å². The molecule has 140 valence electrons. The molecule has 1 atom stereocenters. The summed E-state index contributed by atoms with van der Waals surface area (Å²) >= 11 is 0. The Bertz CT molecular complexity index is 1040. The third-order valence-electron chi connectivity index (χ3n) is 5.92. The van der Waals surface area contributed by atoms with Gasteiger partial charge in [0.25, 0.3) is 0 Å². The third kappa shape index (κ3) is 3.05. The number of benzene rings is 4. The van der Waals surface area contributed by atoms with E-state index in [0.29, 0.717) is 0 Å². The van der Waals surface area contributed by atoms with Gasteiger partial charge in [0.2, 0.25) is 0 Å². The number of nitrogens with zero attached hydrogens (tertiary/aromatic N) is 1. The second kappa shape index (κ2) is 7.61. The van der Waals surface area contributed by atoms with Gasteiger partial charge in [0.15, 0.2) is 0 Å². The predicted octanol–water partition coefficient (Wildman–Crippen LogP) is 4.33. The summed E-state index contributed by atoms with van der Waals surface area (Å²) in [5.41, 5.74) is 1.35. The smallest absolute Gasteiger partial charge is 0.0449 e. The standard InChI is InChI=1S/C23H24N2O.ClH/c26-15-10-21(25-13-11-24-12-14-25)19-8-6-18-5-4-16-2-1-3-17-7-9-20(19)23(18)22(16)17;/h1-9,21,24,26H,10-15H2;1H/t21-;/m0./s1. The summed E-state index contributed by atoms with van der Waals surface area (Å²) in [5, 5.41) is 21.2. The van der Waals surface area contributed by atoms with Crippen LogP contribution in [0.1, 0.15) is 18.0 Å². The van der Waals surface area contributed by atoms with Gasteiger partial charge < -0.3 is 10.4 Å². The van der Waals surface area contributed by atoms with Crippen molar-refractivity contribution in [1.29, 1.82) is 0 Å². The first-order valence-corrected chi connectivity index (χ1v) is 9.59. The van der Waals surface area contributed by atoms with E-state index in [1.54, 1.807) is 0 Å². The molecule has 4 aromatic carbocycles. The summed E-state index contributed by atoms with van der Waals surface area (Å²) in [5.74, 6) is 0. The molecule has 4 heteroatoms. The maximum atomic E-state index is 9.73. The molecule has 0 saturated carbocycles. The molecule has 0 spiro atoms. The first-order chi connectivity index (χ1) is 12.9. The van der Waals surface area contributed by atoms with Crippen LogP contribution in [0.5, 0.6) is 0 Å².